The van der Waals surface area contributed by atoms with Gasteiger partial charge >= 0.3 is 0 Å². The van der Waals surface area contributed by atoms with E-state index in [0.717, 1.165) is 61.4 Å². The van der Waals surface area contributed by atoms with E-state index in [0.29, 0.717) is 11.4 Å². The molecule has 2 aromatic heterocycles. The molecule has 9 heteroatoms. The zero-order chi connectivity index (χ0) is 26.9. The van der Waals surface area contributed by atoms with Crippen LogP contribution >= 0.6 is 0 Å². The van der Waals surface area contributed by atoms with E-state index in [1.165, 1.54) is 5.56 Å². The molecule has 5 rings (SSSR count). The maximum absolute atomic E-state index is 13.6. The van der Waals surface area contributed by atoms with Gasteiger partial charge in [-0.15, -0.1) is 5.10 Å². The molecule has 0 bridgehead atoms. The minimum Gasteiger partial charge on any atom is -0.497 e. The van der Waals surface area contributed by atoms with Crippen LogP contribution in [0.15, 0.2) is 53.3 Å². The summed E-state index contributed by atoms with van der Waals surface area (Å²) in [7, 11) is 1.68. The molecule has 9 nitrogen and oxygen atoms in total. The molecule has 1 fully saturated rings. The van der Waals surface area contributed by atoms with Gasteiger partial charge in [-0.1, -0.05) is 19.9 Å². The minimum absolute atomic E-state index is 0.104. The Labute approximate surface area is 223 Å². The van der Waals surface area contributed by atoms with E-state index in [1.54, 1.807) is 7.11 Å². The number of piperazine rings is 1. The van der Waals surface area contributed by atoms with Crippen molar-refractivity contribution in [3.8, 4) is 5.75 Å². The first-order chi connectivity index (χ1) is 18.3. The van der Waals surface area contributed by atoms with Gasteiger partial charge in [-0.05, 0) is 90.5 Å². The quantitative estimate of drug-likeness (QED) is 0.377. The highest BCUT2D eigenvalue weighted by molar-refractivity contribution is 5.80. The fraction of sp³-hybridized carbons (Fsp3) is 0.448. The Bertz CT molecular complexity index is 1450. The molecule has 3 heterocycles. The van der Waals surface area contributed by atoms with Gasteiger partial charge in [0.05, 0.1) is 12.6 Å². The van der Waals surface area contributed by atoms with Gasteiger partial charge in [0.1, 0.15) is 11.8 Å². The van der Waals surface area contributed by atoms with E-state index in [9.17, 15) is 4.79 Å². The van der Waals surface area contributed by atoms with E-state index >= 15 is 0 Å². The van der Waals surface area contributed by atoms with Gasteiger partial charge in [0.15, 0.2) is 5.82 Å². The summed E-state index contributed by atoms with van der Waals surface area (Å²) in [5.74, 6) is 1.55. The number of aromatic nitrogens is 5. The summed E-state index contributed by atoms with van der Waals surface area (Å²) < 4.78 is 7.22. The Hall–Kier alpha value is -3.72. The molecule has 4 aromatic rings. The van der Waals surface area contributed by atoms with E-state index in [1.807, 2.05) is 28.9 Å². The zero-order valence-corrected chi connectivity index (χ0v) is 22.9. The third kappa shape index (κ3) is 4.90. The predicted molar refractivity (Wildman–Crippen MR) is 150 cm³/mol. The Morgan fingerprint density at radius 2 is 1.76 bits per heavy atom. The summed E-state index contributed by atoms with van der Waals surface area (Å²) in [5, 5.41) is 14.0. The lowest BCUT2D eigenvalue weighted by atomic mass is 9.98. The number of methoxy groups -OCH3 is 1. The van der Waals surface area contributed by atoms with E-state index in [2.05, 4.69) is 82.3 Å². The molecule has 2 aromatic carbocycles. The predicted octanol–water partition coefficient (Wildman–Crippen LogP) is 4.14. The van der Waals surface area contributed by atoms with Crippen LogP contribution in [-0.4, -0.2) is 63.4 Å². The van der Waals surface area contributed by atoms with Gasteiger partial charge in [-0.2, -0.15) is 0 Å². The van der Waals surface area contributed by atoms with Crippen molar-refractivity contribution in [3.05, 3.63) is 75.8 Å². The fourth-order valence-corrected chi connectivity index (χ4v) is 5.17. The van der Waals surface area contributed by atoms with Crippen molar-refractivity contribution >= 4 is 16.6 Å². The third-order valence-electron chi connectivity index (χ3n) is 7.93. The highest BCUT2D eigenvalue weighted by Gasteiger charge is 2.35. The lowest BCUT2D eigenvalue weighted by molar-refractivity contribution is 0.186. The first-order valence-corrected chi connectivity index (χ1v) is 13.4. The molecule has 1 aliphatic rings. The molecule has 0 aliphatic carbocycles. The normalized spacial score (nSPS) is 15.7. The Balaban J connectivity index is 1.54. The summed E-state index contributed by atoms with van der Waals surface area (Å²) in [6.45, 7) is 11.7. The number of pyridine rings is 1. The smallest absolute Gasteiger partial charge is 0.253 e. The monoisotopic (exact) mass is 515 g/mol. The average molecular weight is 516 g/mol. The summed E-state index contributed by atoms with van der Waals surface area (Å²) in [6.07, 6.45) is 1.79. The number of anilines is 1. The minimum atomic E-state index is -0.368. The number of tetrazole rings is 1. The molecule has 1 atom stereocenters. The Morgan fingerprint density at radius 3 is 2.42 bits per heavy atom. The number of hydrogen-bond donors (Lipinski definition) is 1. The maximum Gasteiger partial charge on any atom is 0.253 e. The van der Waals surface area contributed by atoms with Gasteiger partial charge in [-0.3, -0.25) is 9.69 Å². The molecule has 1 saturated heterocycles. The summed E-state index contributed by atoms with van der Waals surface area (Å²) in [6, 6.07) is 16.1. The molecule has 0 amide bonds. The van der Waals surface area contributed by atoms with Gasteiger partial charge < -0.3 is 14.6 Å². The summed E-state index contributed by atoms with van der Waals surface area (Å²) in [5.41, 5.74) is 3.51. The first-order valence-electron chi connectivity index (χ1n) is 13.4. The van der Waals surface area contributed by atoms with Crippen LogP contribution in [-0.2, 0) is 12.0 Å². The molecule has 38 heavy (non-hydrogen) atoms. The van der Waals surface area contributed by atoms with Gasteiger partial charge in [0.25, 0.3) is 5.56 Å². The maximum atomic E-state index is 13.6. The molecule has 0 saturated carbocycles. The molecular weight excluding hydrogens is 478 g/mol. The Morgan fingerprint density at radius 1 is 1.03 bits per heavy atom. The fourth-order valence-electron chi connectivity index (χ4n) is 5.17. The number of aromatic amines is 1. The van der Waals surface area contributed by atoms with Crippen LogP contribution in [0.2, 0.25) is 0 Å². The number of ether oxygens (including phenoxy) is 1. The number of fused-ring (bicyclic) bond motifs is 1. The number of H-pyrrole nitrogens is 1. The molecule has 1 N–H and O–H groups in total. The number of benzene rings is 2. The topological polar surface area (TPSA) is 92.2 Å². The SMILES string of the molecule is CCc1ccc2[nH]c(=O)c([C@@H](c3nnnn3C(C)(C)CC)N3CCN(c4ccc(OC)cc4)CC3)cc2c1. The van der Waals surface area contributed by atoms with Gasteiger partial charge in [0.2, 0.25) is 0 Å². The van der Waals surface area contributed by atoms with E-state index in [4.69, 9.17) is 4.74 Å². The number of aryl methyl sites for hydroxylation is 1. The van der Waals surface area contributed by atoms with Crippen molar-refractivity contribution in [2.45, 2.75) is 52.1 Å². The average Bonchev–Trinajstić information content (AvgIpc) is 3.44. The molecule has 1 aliphatic heterocycles. The van der Waals surface area contributed by atoms with E-state index in [-0.39, 0.29) is 17.1 Å². The van der Waals surface area contributed by atoms with Crippen molar-refractivity contribution in [3.63, 3.8) is 0 Å². The van der Waals surface area contributed by atoms with Crippen LogP contribution < -0.4 is 15.2 Å². The molecule has 200 valence electrons. The molecule has 0 unspecified atom stereocenters. The van der Waals surface area contributed by atoms with Crippen molar-refractivity contribution in [2.24, 2.45) is 0 Å². The third-order valence-corrected chi connectivity index (χ3v) is 7.93. The Kier molecular flexibility index (Phi) is 7.21. The van der Waals surface area contributed by atoms with Crippen LogP contribution in [0.25, 0.3) is 10.9 Å². The van der Waals surface area contributed by atoms with Crippen LogP contribution in [0.5, 0.6) is 5.75 Å². The van der Waals surface area contributed by atoms with Gasteiger partial charge in [0, 0.05) is 42.9 Å². The van der Waals surface area contributed by atoms with Crippen LogP contribution in [0.1, 0.15) is 57.1 Å². The second-order valence-corrected chi connectivity index (χ2v) is 10.6. The summed E-state index contributed by atoms with van der Waals surface area (Å²) in [4.78, 5) is 21.4. The van der Waals surface area contributed by atoms with Crippen LogP contribution in [0, 0.1) is 0 Å². The molecular formula is C29H37N7O2. The first kappa shape index (κ1) is 25.9. The lowest BCUT2D eigenvalue weighted by Gasteiger charge is -2.40. The number of nitrogens with zero attached hydrogens (tertiary/aromatic N) is 6. The largest absolute Gasteiger partial charge is 0.497 e. The molecule has 0 spiro atoms. The second-order valence-electron chi connectivity index (χ2n) is 10.6. The zero-order valence-electron chi connectivity index (χ0n) is 22.9. The van der Waals surface area contributed by atoms with E-state index < -0.39 is 0 Å². The number of hydrogen-bond acceptors (Lipinski definition) is 7. The molecule has 0 radical (unpaired) electrons. The van der Waals surface area contributed by atoms with Crippen molar-refractivity contribution in [1.82, 2.24) is 30.1 Å². The highest BCUT2D eigenvalue weighted by Crippen LogP contribution is 2.32. The van der Waals surface area contributed by atoms with Gasteiger partial charge in [-0.25, -0.2) is 4.68 Å². The van der Waals surface area contributed by atoms with Crippen molar-refractivity contribution in [2.75, 3.05) is 38.2 Å². The van der Waals surface area contributed by atoms with Crippen LogP contribution in [0.3, 0.4) is 0 Å². The summed E-state index contributed by atoms with van der Waals surface area (Å²) >= 11 is 0. The lowest BCUT2D eigenvalue weighted by Crippen LogP contribution is -2.49. The van der Waals surface area contributed by atoms with Crippen molar-refractivity contribution in [1.29, 1.82) is 0 Å². The highest BCUT2D eigenvalue weighted by atomic mass is 16.5. The number of rotatable bonds is 8. The van der Waals surface area contributed by atoms with Crippen LogP contribution in [0.4, 0.5) is 5.69 Å². The van der Waals surface area contributed by atoms with Crippen molar-refractivity contribution < 1.29 is 4.74 Å². The second kappa shape index (κ2) is 10.6. The standard InChI is InChI=1S/C29H37N7O2/c1-6-20-8-13-25-21(18-20)19-24(28(37)30-25)26(27-31-32-33-36(27)29(3,4)7-2)35-16-14-34(15-17-35)22-9-11-23(38-5)12-10-22/h8-13,18-19,26H,6-7,14-17H2,1-5H3,(H,30,37)/t26-/m0/s1. The number of nitrogens with one attached hydrogen (secondary N) is 1.